The quantitative estimate of drug-likeness (QED) is 0.246. The number of hydrogen-bond donors (Lipinski definition) is 0. The lowest BCUT2D eigenvalue weighted by Gasteiger charge is -2.28. The van der Waals surface area contributed by atoms with Crippen LogP contribution >= 0.6 is 0 Å². The molecule has 0 saturated carbocycles. The van der Waals surface area contributed by atoms with Crippen molar-refractivity contribution in [3.8, 4) is 11.1 Å². The molecule has 0 saturated heterocycles. The van der Waals surface area contributed by atoms with Gasteiger partial charge in [-0.25, -0.2) is 0 Å². The van der Waals surface area contributed by atoms with Crippen molar-refractivity contribution in [2.45, 2.75) is 105 Å². The van der Waals surface area contributed by atoms with Crippen LogP contribution in [0.4, 0.5) is 17.1 Å². The summed E-state index contributed by atoms with van der Waals surface area (Å²) in [6.45, 7) is 27.4. The Morgan fingerprint density at radius 3 is 0.902 bits per heavy atom. The smallest absolute Gasteiger partial charge is 0.0462 e. The number of nitrogens with zero attached hydrogens (tertiary/aromatic N) is 1. The van der Waals surface area contributed by atoms with Gasteiger partial charge in [0.2, 0.25) is 0 Å². The van der Waals surface area contributed by atoms with E-state index in [-0.39, 0.29) is 21.7 Å². The molecule has 216 valence electrons. The fraction of sp³-hybridized carbons (Fsp3) is 0.400. The van der Waals surface area contributed by atoms with E-state index in [1.54, 1.807) is 0 Å². The molecule has 0 aliphatic heterocycles. The summed E-state index contributed by atoms with van der Waals surface area (Å²) >= 11 is 0. The zero-order valence-corrected chi connectivity index (χ0v) is 27.6. The highest BCUT2D eigenvalue weighted by Gasteiger charge is 2.22. The Balaban J connectivity index is 1.80. The highest BCUT2D eigenvalue weighted by Crippen LogP contribution is 2.39. The van der Waals surface area contributed by atoms with Crippen LogP contribution in [0, 0.1) is 0 Å². The Morgan fingerprint density at radius 2 is 0.610 bits per heavy atom. The van der Waals surface area contributed by atoms with Crippen LogP contribution in [0.2, 0.25) is 0 Å². The van der Waals surface area contributed by atoms with Gasteiger partial charge in [-0.05, 0) is 91.4 Å². The predicted octanol–water partition coefficient (Wildman–Crippen LogP) is 12.0. The molecule has 0 unspecified atom stereocenters. The molecule has 0 amide bonds. The Hall–Kier alpha value is -3.32. The topological polar surface area (TPSA) is 3.24 Å². The molecule has 0 fully saturated rings. The number of hydrogen-bond acceptors (Lipinski definition) is 1. The van der Waals surface area contributed by atoms with Crippen molar-refractivity contribution in [2.75, 3.05) is 4.90 Å². The fourth-order valence-electron chi connectivity index (χ4n) is 5.13. The van der Waals surface area contributed by atoms with Crippen molar-refractivity contribution in [3.05, 3.63) is 113 Å². The maximum absolute atomic E-state index is 2.39. The van der Waals surface area contributed by atoms with Crippen LogP contribution in [-0.2, 0) is 21.7 Å². The molecule has 1 heteroatoms. The molecule has 0 aromatic heterocycles. The number of rotatable bonds is 4. The van der Waals surface area contributed by atoms with E-state index in [4.69, 9.17) is 0 Å². The molecule has 0 aliphatic carbocycles. The van der Waals surface area contributed by atoms with Crippen molar-refractivity contribution < 1.29 is 0 Å². The van der Waals surface area contributed by atoms with Gasteiger partial charge < -0.3 is 4.90 Å². The molecule has 0 aliphatic rings. The highest BCUT2D eigenvalue weighted by molar-refractivity contribution is 5.79. The van der Waals surface area contributed by atoms with Crippen molar-refractivity contribution in [1.29, 1.82) is 0 Å². The van der Waals surface area contributed by atoms with Gasteiger partial charge in [-0.1, -0.05) is 138 Å². The lowest BCUT2D eigenvalue weighted by atomic mass is 9.79. The van der Waals surface area contributed by atoms with Crippen LogP contribution in [0.5, 0.6) is 0 Å². The zero-order valence-electron chi connectivity index (χ0n) is 27.6. The maximum atomic E-state index is 2.39. The first-order valence-corrected chi connectivity index (χ1v) is 15.1. The van der Waals surface area contributed by atoms with Crippen molar-refractivity contribution >= 4 is 17.1 Å². The number of benzene rings is 4. The summed E-state index contributed by atoms with van der Waals surface area (Å²) in [6, 6.07) is 34.4. The monoisotopic (exact) mass is 545 g/mol. The summed E-state index contributed by atoms with van der Waals surface area (Å²) in [6.07, 6.45) is 0. The standard InChI is InChI=1S/C40H51N/c1-37(2,3)30-15-21-35(22-16-30)41(36-23-17-31(18-24-36)38(4,5)6)34-19-13-28(14-20-34)29-25-32(39(7,8)9)27-33(26-29)40(10,11)12/h13-27H,1-12H3. The summed E-state index contributed by atoms with van der Waals surface area (Å²) < 4.78 is 0. The lowest BCUT2D eigenvalue weighted by Crippen LogP contribution is -2.16. The third kappa shape index (κ3) is 7.13. The molecule has 0 N–H and O–H groups in total. The zero-order chi connectivity index (χ0) is 30.4. The summed E-state index contributed by atoms with van der Waals surface area (Å²) in [5.74, 6) is 0. The molecule has 4 aromatic carbocycles. The molecule has 0 heterocycles. The Kier molecular flexibility index (Phi) is 8.09. The molecule has 0 bridgehead atoms. The summed E-state index contributed by atoms with van der Waals surface area (Å²) in [5.41, 5.74) is 11.9. The molecular formula is C40H51N. The third-order valence-electron chi connectivity index (χ3n) is 8.11. The van der Waals surface area contributed by atoms with Crippen LogP contribution in [0.25, 0.3) is 11.1 Å². The minimum atomic E-state index is 0.0885. The van der Waals surface area contributed by atoms with Gasteiger partial charge in [0.15, 0.2) is 0 Å². The van der Waals surface area contributed by atoms with Crippen molar-refractivity contribution in [1.82, 2.24) is 0 Å². The van der Waals surface area contributed by atoms with Gasteiger partial charge in [0.25, 0.3) is 0 Å². The molecule has 0 spiro atoms. The normalized spacial score (nSPS) is 12.9. The molecule has 4 aromatic rings. The van der Waals surface area contributed by atoms with Crippen LogP contribution in [0.15, 0.2) is 91.0 Å². The first kappa shape index (κ1) is 30.6. The van der Waals surface area contributed by atoms with Gasteiger partial charge in [-0.2, -0.15) is 0 Å². The van der Waals surface area contributed by atoms with E-state index in [1.165, 1.54) is 44.8 Å². The minimum absolute atomic E-state index is 0.0885. The lowest BCUT2D eigenvalue weighted by molar-refractivity contribution is 0.569. The van der Waals surface area contributed by atoms with Crippen LogP contribution in [0.1, 0.15) is 105 Å². The largest absolute Gasteiger partial charge is 0.311 e. The second-order valence-electron chi connectivity index (χ2n) is 15.8. The average Bonchev–Trinajstić information content (AvgIpc) is 2.87. The number of anilines is 3. The van der Waals surface area contributed by atoms with Gasteiger partial charge in [0.05, 0.1) is 0 Å². The summed E-state index contributed by atoms with van der Waals surface area (Å²) in [5, 5.41) is 0. The molecule has 0 radical (unpaired) electrons. The van der Waals surface area contributed by atoms with Crippen LogP contribution < -0.4 is 4.90 Å². The van der Waals surface area contributed by atoms with E-state index in [1.807, 2.05) is 0 Å². The first-order chi connectivity index (χ1) is 18.8. The van der Waals surface area contributed by atoms with E-state index in [2.05, 4.69) is 179 Å². The Morgan fingerprint density at radius 1 is 0.317 bits per heavy atom. The van der Waals surface area contributed by atoms with Crippen molar-refractivity contribution in [3.63, 3.8) is 0 Å². The summed E-state index contributed by atoms with van der Waals surface area (Å²) in [4.78, 5) is 2.37. The molecule has 0 atom stereocenters. The third-order valence-corrected chi connectivity index (χ3v) is 8.11. The Bertz CT molecular complexity index is 1370. The second-order valence-corrected chi connectivity index (χ2v) is 15.8. The average molecular weight is 546 g/mol. The van der Waals surface area contributed by atoms with E-state index in [9.17, 15) is 0 Å². The van der Waals surface area contributed by atoms with E-state index in [0.717, 1.165) is 5.69 Å². The van der Waals surface area contributed by atoms with Gasteiger partial charge in [0.1, 0.15) is 0 Å². The summed E-state index contributed by atoms with van der Waals surface area (Å²) in [7, 11) is 0. The molecular weight excluding hydrogens is 494 g/mol. The fourth-order valence-corrected chi connectivity index (χ4v) is 5.13. The maximum Gasteiger partial charge on any atom is 0.0462 e. The van der Waals surface area contributed by atoms with Gasteiger partial charge in [0, 0.05) is 17.1 Å². The minimum Gasteiger partial charge on any atom is -0.311 e. The first-order valence-electron chi connectivity index (χ1n) is 15.1. The van der Waals surface area contributed by atoms with Crippen molar-refractivity contribution in [2.24, 2.45) is 0 Å². The van der Waals surface area contributed by atoms with E-state index >= 15 is 0 Å². The van der Waals surface area contributed by atoms with Crippen LogP contribution in [0.3, 0.4) is 0 Å². The SMILES string of the molecule is CC(C)(C)c1ccc(N(c2ccc(-c3cc(C(C)(C)C)cc(C(C)(C)C)c3)cc2)c2ccc(C(C)(C)C)cc2)cc1. The molecule has 1 nitrogen and oxygen atoms in total. The predicted molar refractivity (Wildman–Crippen MR) is 181 cm³/mol. The molecule has 41 heavy (non-hydrogen) atoms. The van der Waals surface area contributed by atoms with Gasteiger partial charge >= 0.3 is 0 Å². The van der Waals surface area contributed by atoms with Gasteiger partial charge in [-0.3, -0.25) is 0 Å². The Labute approximate surface area is 250 Å². The second kappa shape index (κ2) is 10.8. The van der Waals surface area contributed by atoms with Crippen LogP contribution in [-0.4, -0.2) is 0 Å². The van der Waals surface area contributed by atoms with Gasteiger partial charge in [-0.15, -0.1) is 0 Å². The van der Waals surface area contributed by atoms with E-state index in [0.29, 0.717) is 0 Å². The highest BCUT2D eigenvalue weighted by atomic mass is 15.1. The molecule has 4 rings (SSSR count). The van der Waals surface area contributed by atoms with E-state index < -0.39 is 0 Å².